The lowest BCUT2D eigenvalue weighted by molar-refractivity contribution is -0.122. The zero-order chi connectivity index (χ0) is 21.7. The molecule has 0 unspecified atom stereocenters. The minimum Gasteiger partial charge on any atom is -0.481 e. The van der Waals surface area contributed by atoms with Crippen molar-refractivity contribution in [3.05, 3.63) is 88.4 Å². The smallest absolute Gasteiger partial charge is 0.265 e. The third kappa shape index (κ3) is 5.61. The maximum absolute atomic E-state index is 12.4. The maximum Gasteiger partial charge on any atom is 0.265 e. The first kappa shape index (κ1) is 21.4. The van der Waals surface area contributed by atoms with Gasteiger partial charge >= 0.3 is 0 Å². The summed E-state index contributed by atoms with van der Waals surface area (Å²) in [5.74, 6) is 0.0114. The second kappa shape index (κ2) is 9.46. The van der Waals surface area contributed by atoms with Crippen molar-refractivity contribution in [1.82, 2.24) is 0 Å². The van der Waals surface area contributed by atoms with Crippen LogP contribution in [0.5, 0.6) is 5.75 Å². The number of ether oxygens (including phenoxy) is 1. The zero-order valence-electron chi connectivity index (χ0n) is 17.0. The van der Waals surface area contributed by atoms with Gasteiger partial charge in [-0.3, -0.25) is 9.59 Å². The molecule has 0 aliphatic carbocycles. The van der Waals surface area contributed by atoms with Gasteiger partial charge in [0.05, 0.1) is 0 Å². The molecule has 2 N–H and O–H groups in total. The molecule has 1 atom stereocenters. The third-order valence-electron chi connectivity index (χ3n) is 4.54. The van der Waals surface area contributed by atoms with Crippen molar-refractivity contribution in [2.24, 2.45) is 0 Å². The Morgan fingerprint density at radius 3 is 2.20 bits per heavy atom. The summed E-state index contributed by atoms with van der Waals surface area (Å²) >= 11 is 5.85. The summed E-state index contributed by atoms with van der Waals surface area (Å²) < 4.78 is 5.72. The van der Waals surface area contributed by atoms with Crippen molar-refractivity contribution in [3.63, 3.8) is 0 Å². The Morgan fingerprint density at radius 2 is 1.57 bits per heavy atom. The SMILES string of the molecule is Cc1ccc(NC(=O)[C@@H](C)Oc2ccc(C(=O)Nc3ccc(Cl)cc3)cc2)c(C)c1. The quantitative estimate of drug-likeness (QED) is 0.542. The van der Waals surface area contributed by atoms with Crippen molar-refractivity contribution in [2.75, 3.05) is 10.6 Å². The lowest BCUT2D eigenvalue weighted by Gasteiger charge is -2.16. The molecule has 0 saturated carbocycles. The molecule has 0 heterocycles. The zero-order valence-corrected chi connectivity index (χ0v) is 17.8. The summed E-state index contributed by atoms with van der Waals surface area (Å²) in [6.45, 7) is 5.63. The maximum atomic E-state index is 12.4. The van der Waals surface area contributed by atoms with Gasteiger partial charge in [0, 0.05) is 22.0 Å². The number of benzene rings is 3. The first-order valence-electron chi connectivity index (χ1n) is 9.53. The largest absolute Gasteiger partial charge is 0.481 e. The van der Waals surface area contributed by atoms with Crippen LogP contribution in [0.15, 0.2) is 66.7 Å². The summed E-state index contributed by atoms with van der Waals surface area (Å²) in [6, 6.07) is 19.3. The molecular weight excluding hydrogens is 400 g/mol. The number of rotatable bonds is 6. The number of hydrogen-bond acceptors (Lipinski definition) is 3. The normalized spacial score (nSPS) is 11.5. The summed E-state index contributed by atoms with van der Waals surface area (Å²) in [7, 11) is 0. The van der Waals surface area contributed by atoms with E-state index >= 15 is 0 Å². The predicted molar refractivity (Wildman–Crippen MR) is 120 cm³/mol. The van der Waals surface area contributed by atoms with Gasteiger partial charge in [-0.2, -0.15) is 0 Å². The number of hydrogen-bond donors (Lipinski definition) is 2. The van der Waals surface area contributed by atoms with E-state index in [2.05, 4.69) is 10.6 Å². The molecule has 3 rings (SSSR count). The summed E-state index contributed by atoms with van der Waals surface area (Å²) in [4.78, 5) is 24.8. The molecule has 2 amide bonds. The van der Waals surface area contributed by atoms with Crippen molar-refractivity contribution in [2.45, 2.75) is 26.9 Å². The highest BCUT2D eigenvalue weighted by molar-refractivity contribution is 6.30. The molecule has 3 aromatic rings. The number of carbonyl (C=O) groups is 2. The van der Waals surface area contributed by atoms with Gasteiger partial charge in [0.15, 0.2) is 6.10 Å². The van der Waals surface area contributed by atoms with Gasteiger partial charge in [-0.25, -0.2) is 0 Å². The lowest BCUT2D eigenvalue weighted by Crippen LogP contribution is -2.30. The fourth-order valence-electron chi connectivity index (χ4n) is 2.87. The van der Waals surface area contributed by atoms with Gasteiger partial charge in [-0.15, -0.1) is 0 Å². The molecule has 3 aromatic carbocycles. The fraction of sp³-hybridized carbons (Fsp3) is 0.167. The Hall–Kier alpha value is -3.31. The summed E-state index contributed by atoms with van der Waals surface area (Å²) in [5.41, 5.74) is 4.02. The number of aryl methyl sites for hydroxylation is 2. The van der Waals surface area contributed by atoms with Crippen LogP contribution < -0.4 is 15.4 Å². The first-order chi connectivity index (χ1) is 14.3. The Kier molecular flexibility index (Phi) is 6.75. The number of anilines is 2. The molecule has 6 heteroatoms. The molecule has 0 aliphatic heterocycles. The van der Waals surface area contributed by atoms with Crippen LogP contribution in [0.25, 0.3) is 0 Å². The van der Waals surface area contributed by atoms with E-state index < -0.39 is 6.10 Å². The molecule has 0 bridgehead atoms. The van der Waals surface area contributed by atoms with Crippen molar-refractivity contribution >= 4 is 34.8 Å². The van der Waals surface area contributed by atoms with Gasteiger partial charge < -0.3 is 15.4 Å². The van der Waals surface area contributed by atoms with E-state index in [-0.39, 0.29) is 11.8 Å². The molecule has 0 aliphatic rings. The summed E-state index contributed by atoms with van der Waals surface area (Å²) in [5, 5.41) is 6.28. The average molecular weight is 423 g/mol. The number of carbonyl (C=O) groups excluding carboxylic acids is 2. The molecule has 154 valence electrons. The minimum atomic E-state index is -0.695. The average Bonchev–Trinajstić information content (AvgIpc) is 2.72. The van der Waals surface area contributed by atoms with E-state index in [1.807, 2.05) is 32.0 Å². The third-order valence-corrected chi connectivity index (χ3v) is 4.79. The van der Waals surface area contributed by atoms with Gasteiger partial charge in [0.1, 0.15) is 5.75 Å². The van der Waals surface area contributed by atoms with E-state index in [0.29, 0.717) is 22.0 Å². The minimum absolute atomic E-state index is 0.244. The van der Waals surface area contributed by atoms with Gasteiger partial charge in [0.2, 0.25) is 0 Å². The van der Waals surface area contributed by atoms with Crippen LogP contribution >= 0.6 is 11.6 Å². The molecule has 0 radical (unpaired) electrons. The first-order valence-corrected chi connectivity index (χ1v) is 9.91. The van der Waals surface area contributed by atoms with Crippen LogP contribution in [0.2, 0.25) is 5.02 Å². The Balaban J connectivity index is 1.58. The van der Waals surface area contributed by atoms with Gasteiger partial charge in [0.25, 0.3) is 11.8 Å². The molecule has 0 saturated heterocycles. The second-order valence-corrected chi connectivity index (χ2v) is 7.49. The van der Waals surface area contributed by atoms with Gasteiger partial charge in [-0.05, 0) is 80.9 Å². The van der Waals surface area contributed by atoms with Crippen LogP contribution in [0.1, 0.15) is 28.4 Å². The molecule has 0 aromatic heterocycles. The standard InChI is InChI=1S/C24H23ClN2O3/c1-15-4-13-22(16(2)14-15)27-23(28)17(3)30-21-11-5-18(6-12-21)24(29)26-20-9-7-19(25)8-10-20/h4-14,17H,1-3H3,(H,26,29)(H,27,28)/t17-/m1/s1. The molecule has 30 heavy (non-hydrogen) atoms. The second-order valence-electron chi connectivity index (χ2n) is 7.05. The molecule has 5 nitrogen and oxygen atoms in total. The van der Waals surface area contributed by atoms with E-state index in [4.69, 9.17) is 16.3 Å². The lowest BCUT2D eigenvalue weighted by atomic mass is 10.1. The highest BCUT2D eigenvalue weighted by Gasteiger charge is 2.16. The van der Waals surface area contributed by atoms with E-state index in [9.17, 15) is 9.59 Å². The van der Waals surface area contributed by atoms with E-state index in [1.54, 1.807) is 55.5 Å². The Labute approximate surface area is 181 Å². The van der Waals surface area contributed by atoms with Crippen LogP contribution in [0.3, 0.4) is 0 Å². The highest BCUT2D eigenvalue weighted by Crippen LogP contribution is 2.19. The van der Waals surface area contributed by atoms with Crippen LogP contribution in [0, 0.1) is 13.8 Å². The Morgan fingerprint density at radius 1 is 0.900 bits per heavy atom. The molecular formula is C24H23ClN2O3. The van der Waals surface area contributed by atoms with Crippen molar-refractivity contribution < 1.29 is 14.3 Å². The fourth-order valence-corrected chi connectivity index (χ4v) is 2.99. The Bertz CT molecular complexity index is 1050. The highest BCUT2D eigenvalue weighted by atomic mass is 35.5. The molecule has 0 spiro atoms. The number of nitrogens with one attached hydrogen (secondary N) is 2. The number of halogens is 1. The van der Waals surface area contributed by atoms with E-state index in [1.165, 1.54) is 0 Å². The predicted octanol–water partition coefficient (Wildman–Crippen LogP) is 5.62. The van der Waals surface area contributed by atoms with E-state index in [0.717, 1.165) is 16.8 Å². The topological polar surface area (TPSA) is 67.4 Å². The molecule has 0 fully saturated rings. The van der Waals surface area contributed by atoms with Crippen LogP contribution in [0.4, 0.5) is 11.4 Å². The summed E-state index contributed by atoms with van der Waals surface area (Å²) in [6.07, 6.45) is -0.695. The van der Waals surface area contributed by atoms with Gasteiger partial charge in [-0.1, -0.05) is 29.3 Å². The monoisotopic (exact) mass is 422 g/mol. The van der Waals surface area contributed by atoms with Crippen molar-refractivity contribution in [1.29, 1.82) is 0 Å². The van der Waals surface area contributed by atoms with Crippen molar-refractivity contribution in [3.8, 4) is 5.75 Å². The van der Waals surface area contributed by atoms with Crippen LogP contribution in [-0.4, -0.2) is 17.9 Å². The number of amides is 2. The van der Waals surface area contributed by atoms with Crippen LogP contribution in [-0.2, 0) is 4.79 Å².